The van der Waals surface area contributed by atoms with E-state index in [1.807, 2.05) is 13.8 Å². The van der Waals surface area contributed by atoms with Gasteiger partial charge in [-0.2, -0.15) is 0 Å². The largest absolute Gasteiger partial charge is 0.464 e. The highest BCUT2D eigenvalue weighted by molar-refractivity contribution is 5.85. The number of nitrogens with two attached hydrogens (primary N) is 1. The van der Waals surface area contributed by atoms with Crippen LogP contribution in [0.4, 0.5) is 0 Å². The van der Waals surface area contributed by atoms with E-state index >= 15 is 0 Å². The fraction of sp³-hybridized carbons (Fsp3) is 0.818. The first-order valence-electron chi connectivity index (χ1n) is 5.61. The van der Waals surface area contributed by atoms with E-state index in [0.29, 0.717) is 6.61 Å². The van der Waals surface area contributed by atoms with Crippen molar-refractivity contribution in [2.24, 2.45) is 17.6 Å². The van der Waals surface area contributed by atoms with Crippen LogP contribution < -0.4 is 11.1 Å². The lowest BCUT2D eigenvalue weighted by Gasteiger charge is -2.20. The van der Waals surface area contributed by atoms with E-state index in [0.717, 1.165) is 0 Å². The minimum absolute atomic E-state index is 0.152. The summed E-state index contributed by atoms with van der Waals surface area (Å²) in [5.74, 6) is -0.732. The Morgan fingerprint density at radius 3 is 2.25 bits per heavy atom. The normalized spacial score (nSPS) is 14.4. The van der Waals surface area contributed by atoms with E-state index in [1.54, 1.807) is 13.8 Å². The van der Waals surface area contributed by atoms with Gasteiger partial charge in [-0.3, -0.25) is 4.79 Å². The lowest BCUT2D eigenvalue weighted by atomic mass is 9.95. The van der Waals surface area contributed by atoms with Crippen molar-refractivity contribution in [2.75, 3.05) is 13.2 Å². The molecule has 0 radical (unpaired) electrons. The van der Waals surface area contributed by atoms with Crippen molar-refractivity contribution in [3.8, 4) is 0 Å². The van der Waals surface area contributed by atoms with Gasteiger partial charge in [0.25, 0.3) is 0 Å². The van der Waals surface area contributed by atoms with Gasteiger partial charge in [0.2, 0.25) is 5.91 Å². The van der Waals surface area contributed by atoms with Crippen LogP contribution in [0.2, 0.25) is 0 Å². The Morgan fingerprint density at radius 2 is 1.88 bits per heavy atom. The van der Waals surface area contributed by atoms with Crippen LogP contribution in [0.15, 0.2) is 0 Å². The monoisotopic (exact) mass is 230 g/mol. The van der Waals surface area contributed by atoms with Gasteiger partial charge >= 0.3 is 5.97 Å². The number of ether oxygens (including phenoxy) is 1. The number of esters is 1. The van der Waals surface area contributed by atoms with Crippen molar-refractivity contribution in [1.82, 2.24) is 5.32 Å². The highest BCUT2D eigenvalue weighted by Gasteiger charge is 2.24. The number of hydrogen-bond donors (Lipinski definition) is 2. The molecule has 0 aliphatic heterocycles. The van der Waals surface area contributed by atoms with Crippen LogP contribution in [0.25, 0.3) is 0 Å². The number of amides is 1. The second-order valence-electron chi connectivity index (χ2n) is 4.07. The summed E-state index contributed by atoms with van der Waals surface area (Å²) in [6.45, 7) is 7.76. The van der Waals surface area contributed by atoms with Crippen molar-refractivity contribution in [1.29, 1.82) is 0 Å². The first-order valence-corrected chi connectivity index (χ1v) is 5.61. The molecule has 0 fully saturated rings. The second-order valence-corrected chi connectivity index (χ2v) is 4.07. The Hall–Kier alpha value is -1.10. The lowest BCUT2D eigenvalue weighted by Crippen LogP contribution is -2.45. The summed E-state index contributed by atoms with van der Waals surface area (Å²) in [4.78, 5) is 23.0. The van der Waals surface area contributed by atoms with E-state index in [2.05, 4.69) is 5.32 Å². The van der Waals surface area contributed by atoms with Gasteiger partial charge < -0.3 is 15.8 Å². The molecule has 0 heterocycles. The molecule has 5 nitrogen and oxygen atoms in total. The van der Waals surface area contributed by atoms with Gasteiger partial charge in [0.15, 0.2) is 0 Å². The summed E-state index contributed by atoms with van der Waals surface area (Å²) < 4.78 is 4.79. The third kappa shape index (κ3) is 4.61. The fourth-order valence-electron chi connectivity index (χ4n) is 1.33. The standard InChI is InChI=1S/C11H22N2O3/c1-5-16-11(15)8(4)13-10(14)9(6-12)7(2)3/h7-9H,5-6,12H2,1-4H3,(H,13,14). The Balaban J connectivity index is 4.27. The summed E-state index contributed by atoms with van der Waals surface area (Å²) in [7, 11) is 0. The maximum Gasteiger partial charge on any atom is 0.328 e. The Kier molecular flexibility index (Phi) is 6.72. The van der Waals surface area contributed by atoms with Gasteiger partial charge in [0, 0.05) is 6.54 Å². The molecule has 0 aromatic carbocycles. The molecule has 0 rings (SSSR count). The average Bonchev–Trinajstić information content (AvgIpc) is 2.18. The van der Waals surface area contributed by atoms with Crippen LogP contribution in [0.1, 0.15) is 27.7 Å². The van der Waals surface area contributed by atoms with Crippen LogP contribution in [-0.2, 0) is 14.3 Å². The highest BCUT2D eigenvalue weighted by Crippen LogP contribution is 2.09. The minimum Gasteiger partial charge on any atom is -0.464 e. The molecule has 0 aliphatic rings. The fourth-order valence-corrected chi connectivity index (χ4v) is 1.33. The third-order valence-electron chi connectivity index (χ3n) is 2.39. The molecule has 94 valence electrons. The third-order valence-corrected chi connectivity index (χ3v) is 2.39. The summed E-state index contributed by atoms with van der Waals surface area (Å²) in [6.07, 6.45) is 0. The number of nitrogens with one attached hydrogen (secondary N) is 1. The van der Waals surface area contributed by atoms with E-state index in [4.69, 9.17) is 10.5 Å². The van der Waals surface area contributed by atoms with Gasteiger partial charge in [0.1, 0.15) is 6.04 Å². The predicted molar refractivity (Wildman–Crippen MR) is 61.6 cm³/mol. The van der Waals surface area contributed by atoms with Crippen molar-refractivity contribution in [3.63, 3.8) is 0 Å². The van der Waals surface area contributed by atoms with Crippen LogP contribution in [0.5, 0.6) is 0 Å². The maximum absolute atomic E-state index is 11.7. The van der Waals surface area contributed by atoms with Gasteiger partial charge in [-0.15, -0.1) is 0 Å². The number of rotatable bonds is 6. The van der Waals surface area contributed by atoms with E-state index in [9.17, 15) is 9.59 Å². The molecular weight excluding hydrogens is 208 g/mol. The number of carbonyl (C=O) groups excluding carboxylic acids is 2. The van der Waals surface area contributed by atoms with Gasteiger partial charge in [-0.05, 0) is 19.8 Å². The molecule has 0 aromatic heterocycles. The molecule has 0 saturated carbocycles. The van der Waals surface area contributed by atoms with E-state index < -0.39 is 12.0 Å². The van der Waals surface area contributed by atoms with Crippen LogP contribution in [0.3, 0.4) is 0 Å². The summed E-state index contributed by atoms with van der Waals surface area (Å²) in [6, 6.07) is -0.625. The number of carbonyl (C=O) groups is 2. The second kappa shape index (κ2) is 7.22. The summed E-state index contributed by atoms with van der Waals surface area (Å²) in [5.41, 5.74) is 5.51. The molecule has 0 bridgehead atoms. The van der Waals surface area contributed by atoms with Crippen LogP contribution in [0, 0.1) is 11.8 Å². The smallest absolute Gasteiger partial charge is 0.328 e. The molecule has 5 heteroatoms. The van der Waals surface area contributed by atoms with Crippen LogP contribution in [-0.4, -0.2) is 31.1 Å². The molecule has 16 heavy (non-hydrogen) atoms. The molecule has 1 amide bonds. The zero-order chi connectivity index (χ0) is 12.7. The van der Waals surface area contributed by atoms with E-state index in [1.165, 1.54) is 0 Å². The molecule has 3 N–H and O–H groups in total. The van der Waals surface area contributed by atoms with E-state index in [-0.39, 0.29) is 24.3 Å². The molecule has 0 aliphatic carbocycles. The zero-order valence-electron chi connectivity index (χ0n) is 10.4. The molecular formula is C11H22N2O3. The Labute approximate surface area is 96.7 Å². The molecule has 0 spiro atoms. The molecule has 2 atom stereocenters. The first kappa shape index (κ1) is 14.9. The maximum atomic E-state index is 11.7. The zero-order valence-corrected chi connectivity index (χ0v) is 10.4. The predicted octanol–water partition coefficient (Wildman–Crippen LogP) is 0.285. The van der Waals surface area contributed by atoms with Crippen LogP contribution >= 0.6 is 0 Å². The summed E-state index contributed by atoms with van der Waals surface area (Å²) in [5, 5.41) is 2.60. The lowest BCUT2D eigenvalue weighted by molar-refractivity contribution is -0.147. The van der Waals surface area contributed by atoms with Crippen molar-refractivity contribution in [2.45, 2.75) is 33.7 Å². The SMILES string of the molecule is CCOC(=O)C(C)NC(=O)C(CN)C(C)C. The average molecular weight is 230 g/mol. The molecule has 2 unspecified atom stereocenters. The van der Waals surface area contributed by atoms with Gasteiger partial charge in [-0.25, -0.2) is 4.79 Å². The van der Waals surface area contributed by atoms with Gasteiger partial charge in [-0.1, -0.05) is 13.8 Å². The molecule has 0 saturated heterocycles. The minimum atomic E-state index is -0.625. The Morgan fingerprint density at radius 1 is 1.31 bits per heavy atom. The Bertz CT molecular complexity index is 241. The quantitative estimate of drug-likeness (QED) is 0.642. The topological polar surface area (TPSA) is 81.4 Å². The molecule has 0 aromatic rings. The van der Waals surface area contributed by atoms with Crippen molar-refractivity contribution in [3.05, 3.63) is 0 Å². The van der Waals surface area contributed by atoms with Gasteiger partial charge in [0.05, 0.1) is 12.5 Å². The number of hydrogen-bond acceptors (Lipinski definition) is 4. The van der Waals surface area contributed by atoms with Crippen molar-refractivity contribution >= 4 is 11.9 Å². The summed E-state index contributed by atoms with van der Waals surface area (Å²) >= 11 is 0. The highest BCUT2D eigenvalue weighted by atomic mass is 16.5. The van der Waals surface area contributed by atoms with Crippen molar-refractivity contribution < 1.29 is 14.3 Å². The first-order chi connectivity index (χ1) is 7.43.